The molecule has 1 saturated heterocycles. The number of hydrogen-bond acceptors (Lipinski definition) is 4. The van der Waals surface area contributed by atoms with E-state index in [-0.39, 0.29) is 11.1 Å². The predicted molar refractivity (Wildman–Crippen MR) is 87.9 cm³/mol. The SMILES string of the molecule is Cc1cc(C)n(C[C@@H](C)CNC(=O)CCN2CCSC2=O)n1. The Morgan fingerprint density at radius 2 is 2.27 bits per heavy atom. The Morgan fingerprint density at radius 3 is 2.86 bits per heavy atom. The van der Waals surface area contributed by atoms with E-state index in [0.717, 1.165) is 30.2 Å². The van der Waals surface area contributed by atoms with Gasteiger partial charge in [-0.3, -0.25) is 14.3 Å². The lowest BCUT2D eigenvalue weighted by atomic mass is 10.2. The number of thioether (sulfide) groups is 1. The van der Waals surface area contributed by atoms with Gasteiger partial charge in [0.2, 0.25) is 5.91 Å². The molecule has 0 unspecified atom stereocenters. The molecule has 0 saturated carbocycles. The summed E-state index contributed by atoms with van der Waals surface area (Å²) in [5.74, 6) is 1.15. The Labute approximate surface area is 135 Å². The summed E-state index contributed by atoms with van der Waals surface area (Å²) >= 11 is 1.33. The van der Waals surface area contributed by atoms with Crippen molar-refractivity contribution in [1.82, 2.24) is 20.0 Å². The third-order valence-electron chi connectivity index (χ3n) is 3.69. The van der Waals surface area contributed by atoms with Crippen LogP contribution in [-0.4, -0.2) is 51.2 Å². The van der Waals surface area contributed by atoms with Gasteiger partial charge in [0.1, 0.15) is 0 Å². The van der Waals surface area contributed by atoms with Crippen molar-refractivity contribution >= 4 is 22.9 Å². The molecular formula is C15H24N4O2S. The molecule has 1 aromatic rings. The fraction of sp³-hybridized carbons (Fsp3) is 0.667. The van der Waals surface area contributed by atoms with Crippen molar-refractivity contribution in [1.29, 1.82) is 0 Å². The molecule has 0 spiro atoms. The summed E-state index contributed by atoms with van der Waals surface area (Å²) in [7, 11) is 0. The first-order valence-electron chi connectivity index (χ1n) is 7.65. The standard InChI is InChI=1S/C15H24N4O2S/c1-11(10-19-13(3)8-12(2)17-19)9-16-14(20)4-5-18-6-7-22-15(18)21/h8,11H,4-7,9-10H2,1-3H3,(H,16,20)/t11-/m0/s1. The molecule has 0 aromatic carbocycles. The topological polar surface area (TPSA) is 67.2 Å². The molecule has 1 aliphatic heterocycles. The lowest BCUT2D eigenvalue weighted by Gasteiger charge is -2.16. The molecule has 2 heterocycles. The zero-order valence-electron chi connectivity index (χ0n) is 13.5. The Kier molecular flexibility index (Phi) is 5.88. The van der Waals surface area contributed by atoms with Crippen molar-refractivity contribution in [2.75, 3.05) is 25.4 Å². The molecule has 2 rings (SSSR count). The van der Waals surface area contributed by atoms with Gasteiger partial charge < -0.3 is 10.2 Å². The molecule has 6 nitrogen and oxygen atoms in total. The third kappa shape index (κ3) is 4.76. The van der Waals surface area contributed by atoms with Crippen molar-refractivity contribution in [2.24, 2.45) is 5.92 Å². The molecule has 0 bridgehead atoms. The zero-order valence-corrected chi connectivity index (χ0v) is 14.3. The predicted octanol–water partition coefficient (Wildman–Crippen LogP) is 1.81. The van der Waals surface area contributed by atoms with E-state index in [9.17, 15) is 9.59 Å². The molecule has 1 aromatic heterocycles. The molecule has 2 amide bonds. The van der Waals surface area contributed by atoms with Crippen LogP contribution in [-0.2, 0) is 11.3 Å². The van der Waals surface area contributed by atoms with Crippen molar-refractivity contribution in [3.63, 3.8) is 0 Å². The Bertz CT molecular complexity index is 544. The maximum Gasteiger partial charge on any atom is 0.281 e. The van der Waals surface area contributed by atoms with Gasteiger partial charge in [-0.25, -0.2) is 0 Å². The number of carbonyl (C=O) groups excluding carboxylic acids is 2. The lowest BCUT2D eigenvalue weighted by molar-refractivity contribution is -0.121. The molecule has 7 heteroatoms. The van der Waals surface area contributed by atoms with Gasteiger partial charge in [-0.1, -0.05) is 18.7 Å². The largest absolute Gasteiger partial charge is 0.356 e. The van der Waals surface area contributed by atoms with E-state index in [0.29, 0.717) is 25.4 Å². The van der Waals surface area contributed by atoms with E-state index < -0.39 is 0 Å². The molecule has 0 aliphatic carbocycles. The number of amides is 2. The van der Waals surface area contributed by atoms with Crippen LogP contribution < -0.4 is 5.32 Å². The van der Waals surface area contributed by atoms with E-state index in [1.807, 2.05) is 18.5 Å². The smallest absolute Gasteiger partial charge is 0.281 e. The third-order valence-corrected chi connectivity index (χ3v) is 4.58. The van der Waals surface area contributed by atoms with Gasteiger partial charge in [0.05, 0.1) is 5.69 Å². The number of nitrogens with zero attached hydrogens (tertiary/aromatic N) is 3. The van der Waals surface area contributed by atoms with Crippen LogP contribution in [0.5, 0.6) is 0 Å². The number of nitrogens with one attached hydrogen (secondary N) is 1. The fourth-order valence-corrected chi connectivity index (χ4v) is 3.31. The first-order valence-corrected chi connectivity index (χ1v) is 8.63. The number of aryl methyl sites for hydroxylation is 2. The minimum atomic E-state index is 0.00455. The van der Waals surface area contributed by atoms with Gasteiger partial charge in [0.25, 0.3) is 5.24 Å². The second-order valence-corrected chi connectivity index (χ2v) is 6.92. The van der Waals surface area contributed by atoms with Crippen LogP contribution in [0.3, 0.4) is 0 Å². The summed E-state index contributed by atoms with van der Waals surface area (Å²) in [6.07, 6.45) is 0.374. The Balaban J connectivity index is 1.67. The van der Waals surface area contributed by atoms with Gasteiger partial charge >= 0.3 is 0 Å². The normalized spacial score (nSPS) is 16.1. The van der Waals surface area contributed by atoms with Crippen molar-refractivity contribution in [2.45, 2.75) is 33.7 Å². The molecule has 1 aliphatic rings. The number of hydrogen-bond donors (Lipinski definition) is 1. The average Bonchev–Trinajstić information content (AvgIpc) is 3.00. The van der Waals surface area contributed by atoms with E-state index >= 15 is 0 Å². The maximum atomic E-state index is 11.9. The highest BCUT2D eigenvalue weighted by Crippen LogP contribution is 2.16. The fourth-order valence-electron chi connectivity index (χ4n) is 2.46. The molecule has 1 N–H and O–H groups in total. The first kappa shape index (κ1) is 16.9. The van der Waals surface area contributed by atoms with Crippen LogP contribution in [0.4, 0.5) is 4.79 Å². The first-order chi connectivity index (χ1) is 10.5. The molecule has 1 fully saturated rings. The Hall–Kier alpha value is -1.50. The highest BCUT2D eigenvalue weighted by Gasteiger charge is 2.21. The van der Waals surface area contributed by atoms with Crippen molar-refractivity contribution in [3.8, 4) is 0 Å². The summed E-state index contributed by atoms with van der Waals surface area (Å²) in [6.45, 7) is 8.80. The van der Waals surface area contributed by atoms with Gasteiger partial charge in [-0.15, -0.1) is 0 Å². The summed E-state index contributed by atoms with van der Waals surface area (Å²) in [5.41, 5.74) is 2.16. The van der Waals surface area contributed by atoms with Crippen LogP contribution >= 0.6 is 11.8 Å². The molecule has 122 valence electrons. The summed E-state index contributed by atoms with van der Waals surface area (Å²) in [5, 5.41) is 7.46. The average molecular weight is 324 g/mol. The van der Waals surface area contributed by atoms with Crippen LogP contribution in [0.1, 0.15) is 24.7 Å². The molecule has 0 radical (unpaired) electrons. The molecular weight excluding hydrogens is 300 g/mol. The Morgan fingerprint density at radius 1 is 1.50 bits per heavy atom. The van der Waals surface area contributed by atoms with E-state index in [1.54, 1.807) is 4.90 Å². The van der Waals surface area contributed by atoms with Crippen LogP contribution in [0, 0.1) is 19.8 Å². The van der Waals surface area contributed by atoms with Crippen molar-refractivity contribution in [3.05, 3.63) is 17.5 Å². The minimum absolute atomic E-state index is 0.00455. The van der Waals surface area contributed by atoms with E-state index in [4.69, 9.17) is 0 Å². The van der Waals surface area contributed by atoms with E-state index in [2.05, 4.69) is 23.4 Å². The van der Waals surface area contributed by atoms with Crippen LogP contribution in [0.25, 0.3) is 0 Å². The highest BCUT2D eigenvalue weighted by atomic mass is 32.2. The summed E-state index contributed by atoms with van der Waals surface area (Å²) in [4.78, 5) is 25.0. The van der Waals surface area contributed by atoms with Gasteiger partial charge in [-0.2, -0.15) is 5.10 Å². The number of carbonyl (C=O) groups is 2. The summed E-state index contributed by atoms with van der Waals surface area (Å²) < 4.78 is 1.98. The summed E-state index contributed by atoms with van der Waals surface area (Å²) in [6, 6.07) is 2.05. The zero-order chi connectivity index (χ0) is 16.1. The van der Waals surface area contributed by atoms with Crippen LogP contribution in [0.2, 0.25) is 0 Å². The van der Waals surface area contributed by atoms with Gasteiger partial charge in [0, 0.05) is 44.0 Å². The lowest BCUT2D eigenvalue weighted by Crippen LogP contribution is -2.34. The highest BCUT2D eigenvalue weighted by molar-refractivity contribution is 8.13. The van der Waals surface area contributed by atoms with Crippen molar-refractivity contribution < 1.29 is 9.59 Å². The number of rotatable bonds is 7. The minimum Gasteiger partial charge on any atom is -0.356 e. The van der Waals surface area contributed by atoms with Gasteiger partial charge in [-0.05, 0) is 25.8 Å². The van der Waals surface area contributed by atoms with Gasteiger partial charge in [0.15, 0.2) is 0 Å². The van der Waals surface area contributed by atoms with Crippen LogP contribution in [0.15, 0.2) is 6.07 Å². The second kappa shape index (κ2) is 7.67. The molecule has 22 heavy (non-hydrogen) atoms. The molecule has 1 atom stereocenters. The quantitative estimate of drug-likeness (QED) is 0.830. The monoisotopic (exact) mass is 324 g/mol. The maximum absolute atomic E-state index is 11.9. The van der Waals surface area contributed by atoms with E-state index in [1.165, 1.54) is 11.8 Å². The second-order valence-electron chi connectivity index (χ2n) is 5.87. The number of aromatic nitrogens is 2.